The number of likely N-dealkylation sites (tertiary alicyclic amines) is 1. The maximum Gasteiger partial charge on any atom is 0.254 e. The lowest BCUT2D eigenvalue weighted by Crippen LogP contribution is -2.34. The van der Waals surface area contributed by atoms with Crippen LogP contribution in [0.3, 0.4) is 0 Å². The quantitative estimate of drug-likeness (QED) is 0.863. The summed E-state index contributed by atoms with van der Waals surface area (Å²) < 4.78 is 19.3. The number of nitrogens with zero attached hydrogens (tertiary/aromatic N) is 1. The predicted molar refractivity (Wildman–Crippen MR) is 103 cm³/mol. The Morgan fingerprint density at radius 2 is 2.15 bits per heavy atom. The molecule has 2 fully saturated rings. The third-order valence-electron chi connectivity index (χ3n) is 5.49. The van der Waals surface area contributed by atoms with Gasteiger partial charge < -0.3 is 15.0 Å². The van der Waals surface area contributed by atoms with Gasteiger partial charge in [-0.15, -0.1) is 0 Å². The Balaban J connectivity index is 1.66. The summed E-state index contributed by atoms with van der Waals surface area (Å²) in [5, 5.41) is 3.82. The first-order valence-electron chi connectivity index (χ1n) is 9.28. The number of benzene rings is 2. The molecule has 3 atom stereocenters. The molecule has 2 aliphatic heterocycles. The summed E-state index contributed by atoms with van der Waals surface area (Å²) in [5.41, 5.74) is 1.37. The van der Waals surface area contributed by atoms with Crippen LogP contribution in [0.5, 0.6) is 5.75 Å². The molecule has 0 spiro atoms. The van der Waals surface area contributed by atoms with Crippen molar-refractivity contribution in [1.82, 2.24) is 10.2 Å². The van der Waals surface area contributed by atoms with E-state index in [0.29, 0.717) is 35.4 Å². The number of halogens is 2. The van der Waals surface area contributed by atoms with E-state index >= 15 is 0 Å². The van der Waals surface area contributed by atoms with Gasteiger partial charge in [0.2, 0.25) is 0 Å². The molecular formula is C21H22ClFN2O2. The number of nitrogens with one attached hydrogen (secondary N) is 1. The maximum atomic E-state index is 13.8. The summed E-state index contributed by atoms with van der Waals surface area (Å²) in [5.74, 6) is 0.872. The van der Waals surface area contributed by atoms with Gasteiger partial charge in [-0.2, -0.15) is 0 Å². The highest BCUT2D eigenvalue weighted by atomic mass is 35.5. The first kappa shape index (κ1) is 18.3. The van der Waals surface area contributed by atoms with Gasteiger partial charge in [0, 0.05) is 31.1 Å². The van der Waals surface area contributed by atoms with Crippen LogP contribution < -0.4 is 10.1 Å². The molecule has 0 bridgehead atoms. The molecule has 4 nitrogen and oxygen atoms in total. The minimum Gasteiger partial charge on any atom is -0.492 e. The van der Waals surface area contributed by atoms with Crippen LogP contribution in [0, 0.1) is 17.7 Å². The van der Waals surface area contributed by atoms with E-state index in [9.17, 15) is 9.18 Å². The first-order valence-corrected chi connectivity index (χ1v) is 9.65. The average molecular weight is 389 g/mol. The maximum absolute atomic E-state index is 13.8. The SMILES string of the molecule is CCOc1ccc(C(=O)N2C[C@@H]3CNC[C@@H]3[C@H]2c2cccc(F)c2)cc1Cl. The van der Waals surface area contributed by atoms with E-state index in [1.54, 1.807) is 24.3 Å². The average Bonchev–Trinajstić information content (AvgIpc) is 3.24. The summed E-state index contributed by atoms with van der Waals surface area (Å²) in [4.78, 5) is 15.2. The van der Waals surface area contributed by atoms with Crippen LogP contribution in [0.1, 0.15) is 28.9 Å². The molecular weight excluding hydrogens is 367 g/mol. The molecule has 2 aromatic carbocycles. The van der Waals surface area contributed by atoms with E-state index in [4.69, 9.17) is 16.3 Å². The lowest BCUT2D eigenvalue weighted by atomic mass is 9.89. The molecule has 6 heteroatoms. The molecule has 2 heterocycles. The standard InChI is InChI=1S/C21H22ClFN2O2/c1-2-27-19-7-6-14(9-18(19)22)21(26)25-12-15-10-24-11-17(15)20(25)13-4-3-5-16(23)8-13/h3-9,15,17,20,24H,2,10-12H2,1H3/t15-,17-,20+/m0/s1. The van der Waals surface area contributed by atoms with E-state index in [1.165, 1.54) is 12.1 Å². The van der Waals surface area contributed by atoms with E-state index in [0.717, 1.165) is 18.7 Å². The Morgan fingerprint density at radius 1 is 1.30 bits per heavy atom. The van der Waals surface area contributed by atoms with Crippen molar-refractivity contribution in [2.75, 3.05) is 26.2 Å². The van der Waals surface area contributed by atoms with Crippen molar-refractivity contribution < 1.29 is 13.9 Å². The van der Waals surface area contributed by atoms with Gasteiger partial charge in [-0.05, 0) is 48.7 Å². The van der Waals surface area contributed by atoms with Crippen molar-refractivity contribution in [3.8, 4) is 5.75 Å². The van der Waals surface area contributed by atoms with Crippen LogP contribution in [0.2, 0.25) is 5.02 Å². The number of hydrogen-bond donors (Lipinski definition) is 1. The van der Waals surface area contributed by atoms with E-state index in [-0.39, 0.29) is 23.7 Å². The van der Waals surface area contributed by atoms with Crippen molar-refractivity contribution >= 4 is 17.5 Å². The van der Waals surface area contributed by atoms with Crippen LogP contribution in [0.4, 0.5) is 4.39 Å². The third-order valence-corrected chi connectivity index (χ3v) is 5.79. The molecule has 1 amide bonds. The Bertz CT molecular complexity index is 860. The van der Waals surface area contributed by atoms with Crippen molar-refractivity contribution in [1.29, 1.82) is 0 Å². The Kier molecular flexibility index (Phi) is 5.06. The van der Waals surface area contributed by atoms with Crippen molar-refractivity contribution in [2.24, 2.45) is 11.8 Å². The largest absolute Gasteiger partial charge is 0.492 e. The fraction of sp³-hybridized carbons (Fsp3) is 0.381. The number of amides is 1. The number of hydrogen-bond acceptors (Lipinski definition) is 3. The Labute approximate surface area is 163 Å². The molecule has 0 radical (unpaired) electrons. The van der Waals surface area contributed by atoms with E-state index < -0.39 is 0 Å². The normalized spacial score (nSPS) is 24.1. The van der Waals surface area contributed by atoms with E-state index in [1.807, 2.05) is 17.9 Å². The fourth-order valence-electron chi connectivity index (χ4n) is 4.32. The molecule has 27 heavy (non-hydrogen) atoms. The van der Waals surface area contributed by atoms with Crippen LogP contribution in [-0.4, -0.2) is 37.0 Å². The summed E-state index contributed by atoms with van der Waals surface area (Å²) in [7, 11) is 0. The summed E-state index contributed by atoms with van der Waals surface area (Å²) in [6.07, 6.45) is 0. The number of rotatable bonds is 4. The summed E-state index contributed by atoms with van der Waals surface area (Å²) >= 11 is 6.27. The number of carbonyl (C=O) groups is 1. The molecule has 2 aromatic rings. The second-order valence-electron chi connectivity index (χ2n) is 7.12. The molecule has 2 aliphatic rings. The highest BCUT2D eigenvalue weighted by Crippen LogP contribution is 2.43. The number of carbonyl (C=O) groups excluding carboxylic acids is 1. The summed E-state index contributed by atoms with van der Waals surface area (Å²) in [6, 6.07) is 11.6. The second-order valence-corrected chi connectivity index (χ2v) is 7.52. The Hall–Kier alpha value is -2.11. The topological polar surface area (TPSA) is 41.6 Å². The molecule has 0 aliphatic carbocycles. The van der Waals surface area contributed by atoms with Gasteiger partial charge >= 0.3 is 0 Å². The highest BCUT2D eigenvalue weighted by molar-refractivity contribution is 6.32. The molecule has 1 N–H and O–H groups in total. The molecule has 0 aromatic heterocycles. The zero-order chi connectivity index (χ0) is 19.0. The van der Waals surface area contributed by atoms with Gasteiger partial charge in [0.25, 0.3) is 5.91 Å². The lowest BCUT2D eigenvalue weighted by molar-refractivity contribution is 0.0713. The number of ether oxygens (including phenoxy) is 1. The van der Waals surface area contributed by atoms with Crippen molar-refractivity contribution in [3.05, 3.63) is 64.4 Å². The van der Waals surface area contributed by atoms with Gasteiger partial charge in [-0.1, -0.05) is 23.7 Å². The number of fused-ring (bicyclic) bond motifs is 1. The molecule has 0 saturated carbocycles. The van der Waals surface area contributed by atoms with Gasteiger partial charge in [0.1, 0.15) is 11.6 Å². The van der Waals surface area contributed by atoms with E-state index in [2.05, 4.69) is 5.32 Å². The van der Waals surface area contributed by atoms with Gasteiger partial charge in [0.15, 0.2) is 0 Å². The third kappa shape index (κ3) is 3.42. The Morgan fingerprint density at radius 3 is 2.89 bits per heavy atom. The van der Waals surface area contributed by atoms with Crippen LogP contribution in [0.25, 0.3) is 0 Å². The molecule has 2 saturated heterocycles. The monoisotopic (exact) mass is 388 g/mol. The van der Waals surface area contributed by atoms with Crippen LogP contribution in [0.15, 0.2) is 42.5 Å². The molecule has 0 unspecified atom stereocenters. The fourth-order valence-corrected chi connectivity index (χ4v) is 4.55. The lowest BCUT2D eigenvalue weighted by Gasteiger charge is -2.28. The first-order chi connectivity index (χ1) is 13.1. The summed E-state index contributed by atoms with van der Waals surface area (Å²) in [6.45, 7) is 4.76. The van der Waals surface area contributed by atoms with Gasteiger partial charge in [0.05, 0.1) is 17.7 Å². The minimum atomic E-state index is -0.279. The zero-order valence-corrected chi connectivity index (χ0v) is 15.9. The van der Waals surface area contributed by atoms with Crippen LogP contribution >= 0.6 is 11.6 Å². The van der Waals surface area contributed by atoms with Gasteiger partial charge in [-0.25, -0.2) is 4.39 Å². The minimum absolute atomic E-state index is 0.0800. The smallest absolute Gasteiger partial charge is 0.254 e. The molecule has 4 rings (SSSR count). The molecule has 142 valence electrons. The van der Waals surface area contributed by atoms with Crippen molar-refractivity contribution in [3.63, 3.8) is 0 Å². The van der Waals surface area contributed by atoms with Crippen molar-refractivity contribution in [2.45, 2.75) is 13.0 Å². The van der Waals surface area contributed by atoms with Gasteiger partial charge in [-0.3, -0.25) is 4.79 Å². The van der Waals surface area contributed by atoms with Crippen LogP contribution in [-0.2, 0) is 0 Å². The second kappa shape index (κ2) is 7.49. The zero-order valence-electron chi connectivity index (χ0n) is 15.1. The predicted octanol–water partition coefficient (Wildman–Crippen LogP) is 3.91. The highest BCUT2D eigenvalue weighted by Gasteiger charge is 2.46.